The SMILES string of the molecule is CNC(=O)c1c(-c2ccc(F)cc2)oc2cc(N(C)S(C)(=O)=O)c(-c3ccc4c(n3)C(=CC(C)C)N(C)CO4)cc12. The second kappa shape index (κ2) is 10.5. The lowest BCUT2D eigenvalue weighted by Gasteiger charge is -2.30. The van der Waals surface area contributed by atoms with Crippen LogP contribution in [-0.2, 0) is 10.0 Å². The first-order valence-corrected chi connectivity index (χ1v) is 14.8. The van der Waals surface area contributed by atoms with E-state index >= 15 is 0 Å². The minimum absolute atomic E-state index is 0.236. The molecule has 1 N–H and O–H groups in total. The molecule has 5 rings (SSSR count). The Labute approximate surface area is 238 Å². The van der Waals surface area contributed by atoms with Crippen LogP contribution in [0.2, 0.25) is 0 Å². The van der Waals surface area contributed by atoms with Gasteiger partial charge in [-0.15, -0.1) is 0 Å². The van der Waals surface area contributed by atoms with E-state index in [0.29, 0.717) is 51.7 Å². The predicted octanol–water partition coefficient (Wildman–Crippen LogP) is 5.33. The Morgan fingerprint density at radius 3 is 2.51 bits per heavy atom. The van der Waals surface area contributed by atoms with Gasteiger partial charge in [0, 0.05) is 43.7 Å². The van der Waals surface area contributed by atoms with E-state index in [1.54, 1.807) is 18.2 Å². The number of hydrogen-bond donors (Lipinski definition) is 1. The molecule has 0 atom stereocenters. The number of halogens is 1. The summed E-state index contributed by atoms with van der Waals surface area (Å²) in [7, 11) is 1.18. The third-order valence-corrected chi connectivity index (χ3v) is 8.09. The second-order valence-corrected chi connectivity index (χ2v) is 12.3. The van der Waals surface area contributed by atoms with Gasteiger partial charge >= 0.3 is 0 Å². The molecule has 9 nitrogen and oxygen atoms in total. The monoisotopic (exact) mass is 578 g/mol. The van der Waals surface area contributed by atoms with E-state index in [0.717, 1.165) is 16.3 Å². The molecule has 1 aliphatic heterocycles. The largest absolute Gasteiger partial charge is 0.471 e. The zero-order valence-electron chi connectivity index (χ0n) is 23.6. The van der Waals surface area contributed by atoms with Gasteiger partial charge in [-0.3, -0.25) is 9.10 Å². The van der Waals surface area contributed by atoms with Gasteiger partial charge in [0.15, 0.2) is 6.73 Å². The van der Waals surface area contributed by atoms with Crippen molar-refractivity contribution < 1.29 is 26.8 Å². The molecular weight excluding hydrogens is 547 g/mol. The maximum atomic E-state index is 13.7. The minimum Gasteiger partial charge on any atom is -0.471 e. The van der Waals surface area contributed by atoms with E-state index in [-0.39, 0.29) is 17.2 Å². The fraction of sp³-hybridized carbons (Fsp3) is 0.267. The van der Waals surface area contributed by atoms with Crippen LogP contribution in [0, 0.1) is 11.7 Å². The van der Waals surface area contributed by atoms with Crippen molar-refractivity contribution in [2.24, 2.45) is 5.92 Å². The number of fused-ring (bicyclic) bond motifs is 2. The van der Waals surface area contributed by atoms with Crippen molar-refractivity contribution >= 4 is 38.3 Å². The van der Waals surface area contributed by atoms with Gasteiger partial charge in [-0.25, -0.2) is 17.8 Å². The second-order valence-electron chi connectivity index (χ2n) is 10.3. The van der Waals surface area contributed by atoms with Crippen LogP contribution in [0.5, 0.6) is 5.75 Å². The third kappa shape index (κ3) is 5.24. The Bertz CT molecular complexity index is 1800. The van der Waals surface area contributed by atoms with Crippen LogP contribution < -0.4 is 14.4 Å². The molecule has 0 saturated carbocycles. The Balaban J connectivity index is 1.82. The number of benzene rings is 2. The molecule has 3 heterocycles. The Kier molecular flexibility index (Phi) is 7.24. The first-order chi connectivity index (χ1) is 19.4. The number of sulfonamides is 1. The summed E-state index contributed by atoms with van der Waals surface area (Å²) >= 11 is 0. The van der Waals surface area contributed by atoms with E-state index in [4.69, 9.17) is 14.1 Å². The summed E-state index contributed by atoms with van der Waals surface area (Å²) in [4.78, 5) is 20.1. The van der Waals surface area contributed by atoms with Gasteiger partial charge in [0.1, 0.15) is 28.6 Å². The van der Waals surface area contributed by atoms with Gasteiger partial charge in [-0.05, 0) is 48.4 Å². The number of nitrogens with one attached hydrogen (secondary N) is 1. The van der Waals surface area contributed by atoms with Crippen molar-refractivity contribution in [3.05, 3.63) is 71.7 Å². The maximum absolute atomic E-state index is 13.7. The van der Waals surface area contributed by atoms with Crippen LogP contribution in [0.15, 0.2) is 59.0 Å². The number of aromatic nitrogens is 1. The standard InChI is InChI=1S/C30H31FN4O5S/c1-17(2)13-24-28-25(39-16-34(24)4)12-11-22(33-28)20-14-21-26(15-23(20)35(5)41(6,37)38)40-29(27(21)30(36)32-3)18-7-9-19(31)10-8-18/h7-15,17H,16H2,1-6H3,(H,32,36). The highest BCUT2D eigenvalue weighted by atomic mass is 32.2. The number of nitrogens with zero attached hydrogens (tertiary/aromatic N) is 3. The van der Waals surface area contributed by atoms with Crippen LogP contribution in [0.1, 0.15) is 29.9 Å². The highest BCUT2D eigenvalue weighted by Crippen LogP contribution is 2.42. The fourth-order valence-corrected chi connectivity index (χ4v) is 5.27. The van der Waals surface area contributed by atoms with Crippen molar-refractivity contribution in [1.29, 1.82) is 0 Å². The first-order valence-electron chi connectivity index (χ1n) is 13.0. The van der Waals surface area contributed by atoms with Crippen LogP contribution >= 0.6 is 0 Å². The van der Waals surface area contributed by atoms with E-state index in [1.165, 1.54) is 38.4 Å². The topological polar surface area (TPSA) is 105 Å². The van der Waals surface area contributed by atoms with Crippen molar-refractivity contribution in [3.8, 4) is 28.3 Å². The molecule has 214 valence electrons. The normalized spacial score (nSPS) is 14.3. The number of carbonyl (C=O) groups is 1. The zero-order chi connectivity index (χ0) is 29.6. The van der Waals surface area contributed by atoms with Crippen molar-refractivity contribution in [3.63, 3.8) is 0 Å². The number of amides is 1. The van der Waals surface area contributed by atoms with Gasteiger partial charge < -0.3 is 19.4 Å². The molecular formula is C30H31FN4O5S. The molecule has 0 fully saturated rings. The van der Waals surface area contributed by atoms with Crippen LogP contribution in [0.25, 0.3) is 39.2 Å². The number of hydrogen-bond acceptors (Lipinski definition) is 7. The van der Waals surface area contributed by atoms with Crippen LogP contribution in [0.4, 0.5) is 10.1 Å². The van der Waals surface area contributed by atoms with Crippen molar-refractivity contribution in [2.75, 3.05) is 38.4 Å². The summed E-state index contributed by atoms with van der Waals surface area (Å²) < 4.78 is 52.3. The summed E-state index contributed by atoms with van der Waals surface area (Å²) in [6.07, 6.45) is 3.20. The number of ether oxygens (including phenoxy) is 1. The minimum atomic E-state index is -3.69. The molecule has 0 radical (unpaired) electrons. The van der Waals surface area contributed by atoms with Crippen LogP contribution in [-0.4, -0.2) is 58.3 Å². The molecule has 4 aromatic rings. The summed E-state index contributed by atoms with van der Waals surface area (Å²) in [6.45, 7) is 4.52. The number of furan rings is 1. The van der Waals surface area contributed by atoms with E-state index in [1.807, 2.05) is 18.0 Å². The molecule has 0 saturated heterocycles. The summed E-state index contributed by atoms with van der Waals surface area (Å²) in [5.74, 6) is 0.266. The average molecular weight is 579 g/mol. The molecule has 0 spiro atoms. The first kappa shape index (κ1) is 28.2. The quantitative estimate of drug-likeness (QED) is 0.330. The van der Waals surface area contributed by atoms with E-state index < -0.39 is 21.7 Å². The number of allylic oxidation sites excluding steroid dienone is 1. The highest BCUT2D eigenvalue weighted by Gasteiger charge is 2.28. The molecule has 11 heteroatoms. The van der Waals surface area contributed by atoms with Gasteiger partial charge in [0.05, 0.1) is 28.9 Å². The van der Waals surface area contributed by atoms with Gasteiger partial charge in [-0.2, -0.15) is 0 Å². The third-order valence-electron chi connectivity index (χ3n) is 6.90. The predicted molar refractivity (Wildman–Crippen MR) is 158 cm³/mol. The lowest BCUT2D eigenvalue weighted by molar-refractivity contribution is 0.0964. The molecule has 0 aliphatic carbocycles. The van der Waals surface area contributed by atoms with Crippen molar-refractivity contribution in [1.82, 2.24) is 15.2 Å². The summed E-state index contributed by atoms with van der Waals surface area (Å²) in [5, 5.41) is 3.10. The average Bonchev–Trinajstić information content (AvgIpc) is 3.31. The molecule has 41 heavy (non-hydrogen) atoms. The molecule has 1 amide bonds. The summed E-state index contributed by atoms with van der Waals surface area (Å²) in [5.41, 5.74) is 3.83. The molecule has 1 aliphatic rings. The molecule has 0 unspecified atom stereocenters. The molecule has 0 bridgehead atoms. The zero-order valence-corrected chi connectivity index (χ0v) is 24.5. The fourth-order valence-electron chi connectivity index (χ4n) is 4.77. The molecule has 2 aromatic carbocycles. The van der Waals surface area contributed by atoms with Gasteiger partial charge in [0.2, 0.25) is 10.0 Å². The van der Waals surface area contributed by atoms with Gasteiger partial charge in [0.25, 0.3) is 5.91 Å². The maximum Gasteiger partial charge on any atom is 0.255 e. The number of pyridine rings is 1. The van der Waals surface area contributed by atoms with E-state index in [2.05, 4.69) is 25.2 Å². The van der Waals surface area contributed by atoms with Crippen molar-refractivity contribution in [2.45, 2.75) is 13.8 Å². The smallest absolute Gasteiger partial charge is 0.255 e. The lowest BCUT2D eigenvalue weighted by atomic mass is 10.00. The number of carbonyl (C=O) groups excluding carboxylic acids is 1. The lowest BCUT2D eigenvalue weighted by Crippen LogP contribution is -2.28. The number of rotatable bonds is 6. The number of anilines is 1. The summed E-state index contributed by atoms with van der Waals surface area (Å²) in [6, 6.07) is 12.5. The van der Waals surface area contributed by atoms with Gasteiger partial charge in [-0.1, -0.05) is 19.9 Å². The highest BCUT2D eigenvalue weighted by molar-refractivity contribution is 7.92. The Morgan fingerprint density at radius 1 is 1.17 bits per heavy atom. The molecule has 2 aromatic heterocycles. The van der Waals surface area contributed by atoms with E-state index in [9.17, 15) is 17.6 Å². The van der Waals surface area contributed by atoms with Crippen LogP contribution in [0.3, 0.4) is 0 Å². The Morgan fingerprint density at radius 2 is 1.88 bits per heavy atom. The Hall–Kier alpha value is -4.38.